The van der Waals surface area contributed by atoms with E-state index in [1.165, 1.54) is 37.6 Å². The van der Waals surface area contributed by atoms with Crippen LogP contribution >= 0.6 is 0 Å². The van der Waals surface area contributed by atoms with Gasteiger partial charge in [0.1, 0.15) is 17.7 Å². The van der Waals surface area contributed by atoms with Gasteiger partial charge in [-0.15, -0.1) is 0 Å². The van der Waals surface area contributed by atoms with Crippen LogP contribution in [-0.2, 0) is 14.3 Å². The molecule has 0 saturated carbocycles. The van der Waals surface area contributed by atoms with E-state index < -0.39 is 23.7 Å². The topological polar surface area (TPSA) is 80.6 Å². The number of hydrogen-bond donors (Lipinski definition) is 2. The molecule has 0 fully saturated rings. The average molecular weight is 306 g/mol. The molecule has 0 radical (unpaired) electrons. The Bertz CT molecular complexity index is 626. The van der Waals surface area contributed by atoms with Crippen molar-refractivity contribution in [1.82, 2.24) is 5.32 Å². The minimum Gasteiger partial charge on any atom is -0.467 e. The molecule has 2 rings (SSSR count). The number of furan rings is 1. The fraction of sp³-hybridized carbons (Fsp3) is 0.200. The average Bonchev–Trinajstić information content (AvgIpc) is 3.04. The summed E-state index contributed by atoms with van der Waals surface area (Å²) in [6.07, 6.45) is 1.00. The molecule has 1 aromatic heterocycles. The summed E-state index contributed by atoms with van der Waals surface area (Å²) in [4.78, 5) is 23.4. The highest BCUT2D eigenvalue weighted by Crippen LogP contribution is 2.15. The Labute approximate surface area is 126 Å². The molecule has 1 heterocycles. The van der Waals surface area contributed by atoms with Gasteiger partial charge in [-0.05, 0) is 36.4 Å². The van der Waals surface area contributed by atoms with Gasteiger partial charge in [0.2, 0.25) is 0 Å². The Balaban J connectivity index is 1.86. The standard InChI is InChI=1S/C15H15FN2O4/c1-21-13(12-3-2-8-22-12)9-17-14(19)15(20)18-11-6-4-10(16)5-7-11/h2-8,13H,9H2,1H3,(H,17,19)(H,18,20). The first kappa shape index (κ1) is 15.7. The lowest BCUT2D eigenvalue weighted by molar-refractivity contribution is -0.136. The van der Waals surface area contributed by atoms with Crippen LogP contribution in [0.3, 0.4) is 0 Å². The molecule has 0 bridgehead atoms. The van der Waals surface area contributed by atoms with Crippen molar-refractivity contribution >= 4 is 17.5 Å². The van der Waals surface area contributed by atoms with E-state index in [0.29, 0.717) is 11.4 Å². The van der Waals surface area contributed by atoms with Crippen LogP contribution in [0, 0.1) is 5.82 Å². The van der Waals surface area contributed by atoms with Crippen LogP contribution in [0.5, 0.6) is 0 Å². The Kier molecular flexibility index (Phi) is 5.26. The van der Waals surface area contributed by atoms with Crippen LogP contribution in [-0.4, -0.2) is 25.5 Å². The lowest BCUT2D eigenvalue weighted by Gasteiger charge is -2.13. The van der Waals surface area contributed by atoms with Gasteiger partial charge in [-0.1, -0.05) is 0 Å². The zero-order chi connectivity index (χ0) is 15.9. The van der Waals surface area contributed by atoms with Gasteiger partial charge >= 0.3 is 11.8 Å². The highest BCUT2D eigenvalue weighted by Gasteiger charge is 2.18. The van der Waals surface area contributed by atoms with E-state index in [0.717, 1.165) is 0 Å². The summed E-state index contributed by atoms with van der Waals surface area (Å²) < 4.78 is 23.1. The molecule has 0 aliphatic carbocycles. The number of rotatable bonds is 5. The summed E-state index contributed by atoms with van der Waals surface area (Å²) in [5.74, 6) is -1.55. The van der Waals surface area contributed by atoms with Crippen LogP contribution in [0.2, 0.25) is 0 Å². The lowest BCUT2D eigenvalue weighted by Crippen LogP contribution is -2.37. The van der Waals surface area contributed by atoms with Crippen LogP contribution in [0.25, 0.3) is 0 Å². The zero-order valence-corrected chi connectivity index (χ0v) is 11.8. The molecule has 2 amide bonds. The highest BCUT2D eigenvalue weighted by molar-refractivity contribution is 6.39. The van der Waals surface area contributed by atoms with Gasteiger partial charge in [-0.2, -0.15) is 0 Å². The first-order valence-electron chi connectivity index (χ1n) is 6.51. The predicted octanol–water partition coefficient (Wildman–Crippen LogP) is 1.86. The molecule has 6 nitrogen and oxygen atoms in total. The van der Waals surface area contributed by atoms with Gasteiger partial charge < -0.3 is 19.8 Å². The van der Waals surface area contributed by atoms with Gasteiger partial charge in [0.15, 0.2) is 0 Å². The van der Waals surface area contributed by atoms with Crippen LogP contribution in [0.4, 0.5) is 10.1 Å². The smallest absolute Gasteiger partial charge is 0.313 e. The van der Waals surface area contributed by atoms with Crippen molar-refractivity contribution in [3.05, 3.63) is 54.2 Å². The third-order valence-corrected chi connectivity index (χ3v) is 2.90. The number of methoxy groups -OCH3 is 1. The summed E-state index contributed by atoms with van der Waals surface area (Å²) >= 11 is 0. The second kappa shape index (κ2) is 7.37. The van der Waals surface area contributed by atoms with Crippen molar-refractivity contribution in [2.45, 2.75) is 6.10 Å². The number of nitrogens with one attached hydrogen (secondary N) is 2. The summed E-state index contributed by atoms with van der Waals surface area (Å²) in [6, 6.07) is 8.50. The number of ether oxygens (including phenoxy) is 1. The van der Waals surface area contributed by atoms with Crippen molar-refractivity contribution in [3.63, 3.8) is 0 Å². The van der Waals surface area contributed by atoms with E-state index in [9.17, 15) is 14.0 Å². The normalized spacial score (nSPS) is 11.7. The van der Waals surface area contributed by atoms with Gasteiger partial charge in [0.05, 0.1) is 12.8 Å². The largest absolute Gasteiger partial charge is 0.467 e. The maximum atomic E-state index is 12.8. The van der Waals surface area contributed by atoms with Crippen molar-refractivity contribution in [2.24, 2.45) is 0 Å². The van der Waals surface area contributed by atoms with E-state index in [2.05, 4.69) is 10.6 Å². The molecule has 22 heavy (non-hydrogen) atoms. The molecule has 1 aromatic carbocycles. The minimum absolute atomic E-state index is 0.0830. The third-order valence-electron chi connectivity index (χ3n) is 2.90. The molecule has 0 aliphatic heterocycles. The third kappa shape index (κ3) is 4.16. The summed E-state index contributed by atoms with van der Waals surface area (Å²) in [5.41, 5.74) is 0.330. The molecule has 0 aliphatic rings. The molecule has 0 spiro atoms. The fourth-order valence-corrected chi connectivity index (χ4v) is 1.76. The number of carbonyl (C=O) groups is 2. The summed E-state index contributed by atoms with van der Waals surface area (Å²) in [5, 5.41) is 4.81. The number of carbonyl (C=O) groups excluding carboxylic acids is 2. The van der Waals surface area contributed by atoms with E-state index in [1.807, 2.05) is 0 Å². The minimum atomic E-state index is -0.846. The van der Waals surface area contributed by atoms with E-state index >= 15 is 0 Å². The first-order chi connectivity index (χ1) is 10.6. The Morgan fingerprint density at radius 1 is 1.23 bits per heavy atom. The van der Waals surface area contributed by atoms with Gasteiger partial charge in [0.25, 0.3) is 0 Å². The first-order valence-corrected chi connectivity index (χ1v) is 6.51. The van der Waals surface area contributed by atoms with Crippen LogP contribution < -0.4 is 10.6 Å². The lowest BCUT2D eigenvalue weighted by atomic mass is 10.2. The SMILES string of the molecule is COC(CNC(=O)C(=O)Nc1ccc(F)cc1)c1ccco1. The van der Waals surface area contributed by atoms with E-state index in [1.54, 1.807) is 12.1 Å². The van der Waals surface area contributed by atoms with Crippen LogP contribution in [0.1, 0.15) is 11.9 Å². The Morgan fingerprint density at radius 3 is 2.55 bits per heavy atom. The number of halogens is 1. The molecular formula is C15H15FN2O4. The predicted molar refractivity (Wildman–Crippen MR) is 76.5 cm³/mol. The summed E-state index contributed by atoms with van der Waals surface area (Å²) in [7, 11) is 1.47. The number of benzene rings is 1. The van der Waals surface area contributed by atoms with Crippen LogP contribution in [0.15, 0.2) is 47.1 Å². The molecule has 2 N–H and O–H groups in total. The zero-order valence-electron chi connectivity index (χ0n) is 11.8. The molecule has 1 atom stereocenters. The maximum Gasteiger partial charge on any atom is 0.313 e. The van der Waals surface area contributed by atoms with Crippen molar-refractivity contribution in [2.75, 3.05) is 19.0 Å². The molecule has 0 saturated heterocycles. The summed E-state index contributed by atoms with van der Waals surface area (Å²) in [6.45, 7) is 0.0830. The molecule has 1 unspecified atom stereocenters. The highest BCUT2D eigenvalue weighted by atomic mass is 19.1. The van der Waals surface area contributed by atoms with E-state index in [4.69, 9.17) is 9.15 Å². The van der Waals surface area contributed by atoms with Gasteiger partial charge in [0, 0.05) is 12.8 Å². The fourth-order valence-electron chi connectivity index (χ4n) is 1.76. The molecule has 7 heteroatoms. The Morgan fingerprint density at radius 2 is 1.95 bits per heavy atom. The monoisotopic (exact) mass is 306 g/mol. The van der Waals surface area contributed by atoms with Crippen molar-refractivity contribution in [1.29, 1.82) is 0 Å². The molecule has 2 aromatic rings. The number of hydrogen-bond acceptors (Lipinski definition) is 4. The molecular weight excluding hydrogens is 291 g/mol. The van der Waals surface area contributed by atoms with Gasteiger partial charge in [-0.3, -0.25) is 9.59 Å². The number of anilines is 1. The second-order valence-electron chi connectivity index (χ2n) is 4.41. The maximum absolute atomic E-state index is 12.8. The Hall–Kier alpha value is -2.67. The number of amides is 2. The second-order valence-corrected chi connectivity index (χ2v) is 4.41. The van der Waals surface area contributed by atoms with Crippen molar-refractivity contribution in [3.8, 4) is 0 Å². The quantitative estimate of drug-likeness (QED) is 0.826. The van der Waals surface area contributed by atoms with Gasteiger partial charge in [-0.25, -0.2) is 4.39 Å². The molecule has 116 valence electrons. The van der Waals surface area contributed by atoms with E-state index in [-0.39, 0.29) is 6.54 Å². The van der Waals surface area contributed by atoms with Crippen molar-refractivity contribution < 1.29 is 23.1 Å².